The van der Waals surface area contributed by atoms with Crippen LogP contribution < -0.4 is 4.90 Å². The molecule has 1 N–H and O–H groups in total. The number of carboxylic acid groups (broad SMARTS) is 1. The molecule has 0 unspecified atom stereocenters. The van der Waals surface area contributed by atoms with E-state index < -0.39 is 5.97 Å². The van der Waals surface area contributed by atoms with Crippen molar-refractivity contribution in [1.29, 1.82) is 0 Å². The molecule has 4 nitrogen and oxygen atoms in total. The molecule has 94 valence electrons. The van der Waals surface area contributed by atoms with E-state index in [1.165, 1.54) is 0 Å². The molecular formula is C14H15NO3. The summed E-state index contributed by atoms with van der Waals surface area (Å²) in [6.45, 7) is 1.78. The van der Waals surface area contributed by atoms with Crippen LogP contribution in [0.2, 0.25) is 0 Å². The quantitative estimate of drug-likeness (QED) is 0.869. The number of benzene rings is 1. The van der Waals surface area contributed by atoms with Gasteiger partial charge in [0.25, 0.3) is 0 Å². The fourth-order valence-corrected chi connectivity index (χ4v) is 3.22. The summed E-state index contributed by atoms with van der Waals surface area (Å²) in [6.07, 6.45) is 2.94. The lowest BCUT2D eigenvalue weighted by Gasteiger charge is -2.29. The average Bonchev–Trinajstić information content (AvgIpc) is 2.90. The number of hydrogen-bond acceptors (Lipinski definition) is 2. The van der Waals surface area contributed by atoms with Crippen LogP contribution in [0.3, 0.4) is 0 Å². The van der Waals surface area contributed by atoms with Gasteiger partial charge in [-0.1, -0.05) is 6.07 Å². The maximum Gasteiger partial charge on any atom is 0.336 e. The number of hydrogen-bond donors (Lipinski definition) is 1. The van der Waals surface area contributed by atoms with E-state index in [-0.39, 0.29) is 23.4 Å². The van der Waals surface area contributed by atoms with Gasteiger partial charge in [0.05, 0.1) is 5.56 Å². The maximum absolute atomic E-state index is 12.2. The van der Waals surface area contributed by atoms with Gasteiger partial charge < -0.3 is 10.0 Å². The minimum Gasteiger partial charge on any atom is -0.478 e. The first-order valence-electron chi connectivity index (χ1n) is 6.25. The summed E-state index contributed by atoms with van der Waals surface area (Å²) in [7, 11) is 0. The molecule has 0 radical (unpaired) electrons. The highest BCUT2D eigenvalue weighted by atomic mass is 16.4. The largest absolute Gasteiger partial charge is 0.478 e. The number of anilines is 1. The molecule has 2 atom stereocenters. The van der Waals surface area contributed by atoms with Crippen molar-refractivity contribution >= 4 is 17.6 Å². The van der Waals surface area contributed by atoms with Crippen molar-refractivity contribution in [2.45, 2.75) is 32.2 Å². The molecular weight excluding hydrogens is 230 g/mol. The molecule has 2 fully saturated rings. The minimum atomic E-state index is -0.939. The van der Waals surface area contributed by atoms with E-state index in [9.17, 15) is 9.59 Å². The fraction of sp³-hybridized carbons (Fsp3) is 0.429. The molecule has 1 amide bonds. The number of rotatable bonds is 2. The van der Waals surface area contributed by atoms with Crippen molar-refractivity contribution < 1.29 is 14.7 Å². The Kier molecular flexibility index (Phi) is 2.40. The number of fused-ring (bicyclic) bond motifs is 2. The summed E-state index contributed by atoms with van der Waals surface area (Å²) in [5.74, 6) is -0.620. The molecule has 3 rings (SSSR count). The lowest BCUT2D eigenvalue weighted by atomic mass is 10.0. The Balaban J connectivity index is 2.05. The summed E-state index contributed by atoms with van der Waals surface area (Å²) in [5.41, 5.74) is 1.74. The summed E-state index contributed by atoms with van der Waals surface area (Å²) in [6, 6.07) is 5.41. The summed E-state index contributed by atoms with van der Waals surface area (Å²) < 4.78 is 0. The third-order valence-electron chi connectivity index (χ3n) is 4.15. The topological polar surface area (TPSA) is 57.6 Å². The number of nitrogens with zero attached hydrogens (tertiary/aromatic N) is 1. The van der Waals surface area contributed by atoms with Gasteiger partial charge in [-0.25, -0.2) is 4.79 Å². The second-order valence-corrected chi connectivity index (χ2v) is 5.13. The highest BCUT2D eigenvalue weighted by molar-refractivity contribution is 6.01. The van der Waals surface area contributed by atoms with Crippen molar-refractivity contribution in [2.75, 3.05) is 4.90 Å². The van der Waals surface area contributed by atoms with Gasteiger partial charge >= 0.3 is 5.97 Å². The molecule has 1 saturated carbocycles. The lowest BCUT2D eigenvalue weighted by molar-refractivity contribution is -0.121. The van der Waals surface area contributed by atoms with Crippen molar-refractivity contribution in [3.8, 4) is 0 Å². The highest BCUT2D eigenvalue weighted by Gasteiger charge is 2.45. The Morgan fingerprint density at radius 2 is 2.17 bits per heavy atom. The highest BCUT2D eigenvalue weighted by Crippen LogP contribution is 2.42. The van der Waals surface area contributed by atoms with Crippen molar-refractivity contribution in [3.63, 3.8) is 0 Å². The van der Waals surface area contributed by atoms with Crippen LogP contribution in [0.4, 0.5) is 5.69 Å². The number of aromatic carboxylic acids is 1. The molecule has 1 aliphatic carbocycles. The average molecular weight is 245 g/mol. The zero-order valence-electron chi connectivity index (χ0n) is 10.2. The van der Waals surface area contributed by atoms with Crippen molar-refractivity contribution in [1.82, 2.24) is 0 Å². The molecule has 1 aliphatic heterocycles. The summed E-state index contributed by atoms with van der Waals surface area (Å²) >= 11 is 0. The summed E-state index contributed by atoms with van der Waals surface area (Å²) in [4.78, 5) is 25.1. The first-order valence-corrected chi connectivity index (χ1v) is 6.25. The zero-order valence-corrected chi connectivity index (χ0v) is 10.2. The van der Waals surface area contributed by atoms with Gasteiger partial charge in [0.15, 0.2) is 0 Å². The SMILES string of the molecule is Cc1c(C(=O)O)cccc1N1C(=O)[C@@H]2CC[C@H]1C2. The van der Waals surface area contributed by atoms with Crippen molar-refractivity contribution in [2.24, 2.45) is 5.92 Å². The minimum absolute atomic E-state index is 0.155. The van der Waals surface area contributed by atoms with Crippen LogP contribution in [-0.4, -0.2) is 23.0 Å². The van der Waals surface area contributed by atoms with E-state index in [4.69, 9.17) is 5.11 Å². The number of carbonyl (C=O) groups excluding carboxylic acids is 1. The van der Waals surface area contributed by atoms with Crippen LogP contribution in [0.5, 0.6) is 0 Å². The van der Waals surface area contributed by atoms with Crippen LogP contribution in [-0.2, 0) is 4.79 Å². The van der Waals surface area contributed by atoms with Gasteiger partial charge in [-0.15, -0.1) is 0 Å². The predicted molar refractivity (Wildman–Crippen MR) is 66.8 cm³/mol. The van der Waals surface area contributed by atoms with Crippen LogP contribution >= 0.6 is 0 Å². The van der Waals surface area contributed by atoms with E-state index in [2.05, 4.69) is 0 Å². The number of piperidine rings is 1. The number of carbonyl (C=O) groups is 2. The smallest absolute Gasteiger partial charge is 0.336 e. The predicted octanol–water partition coefficient (Wildman–Crippen LogP) is 2.21. The maximum atomic E-state index is 12.2. The van der Waals surface area contributed by atoms with Crippen LogP contribution in [0.1, 0.15) is 35.2 Å². The molecule has 1 saturated heterocycles. The number of amides is 1. The lowest BCUT2D eigenvalue weighted by Crippen LogP contribution is -2.37. The molecule has 4 heteroatoms. The second-order valence-electron chi connectivity index (χ2n) is 5.13. The fourth-order valence-electron chi connectivity index (χ4n) is 3.22. The van der Waals surface area contributed by atoms with Gasteiger partial charge in [-0.05, 0) is 43.9 Å². The molecule has 2 aliphatic rings. The second kappa shape index (κ2) is 3.83. The Morgan fingerprint density at radius 1 is 1.39 bits per heavy atom. The first kappa shape index (κ1) is 11.3. The van der Waals surface area contributed by atoms with E-state index in [1.807, 2.05) is 11.0 Å². The van der Waals surface area contributed by atoms with Crippen LogP contribution in [0, 0.1) is 12.8 Å². The molecule has 1 heterocycles. The zero-order chi connectivity index (χ0) is 12.9. The first-order chi connectivity index (χ1) is 8.59. The van der Waals surface area contributed by atoms with Crippen LogP contribution in [0.25, 0.3) is 0 Å². The monoisotopic (exact) mass is 245 g/mol. The third kappa shape index (κ3) is 1.45. The standard InChI is InChI=1S/C14H15NO3/c1-8-11(14(17)18)3-2-4-12(8)15-10-6-5-9(7-10)13(15)16/h2-4,9-10H,5-7H2,1H3,(H,17,18)/t9-,10+/m1/s1. The van der Waals surface area contributed by atoms with E-state index >= 15 is 0 Å². The molecule has 1 aromatic rings. The van der Waals surface area contributed by atoms with E-state index in [0.29, 0.717) is 5.56 Å². The Labute approximate surface area is 105 Å². The van der Waals surface area contributed by atoms with Gasteiger partial charge in [-0.2, -0.15) is 0 Å². The van der Waals surface area contributed by atoms with E-state index in [1.54, 1.807) is 19.1 Å². The molecule has 18 heavy (non-hydrogen) atoms. The molecule has 0 spiro atoms. The Bertz CT molecular complexity index is 538. The van der Waals surface area contributed by atoms with Crippen molar-refractivity contribution in [3.05, 3.63) is 29.3 Å². The molecule has 0 aromatic heterocycles. The summed E-state index contributed by atoms with van der Waals surface area (Å²) in [5, 5.41) is 9.13. The Hall–Kier alpha value is -1.84. The van der Waals surface area contributed by atoms with Crippen LogP contribution in [0.15, 0.2) is 18.2 Å². The normalized spacial score (nSPS) is 25.8. The molecule has 1 aromatic carbocycles. The molecule has 2 bridgehead atoms. The Morgan fingerprint density at radius 3 is 2.78 bits per heavy atom. The number of carboxylic acids is 1. The van der Waals surface area contributed by atoms with E-state index in [0.717, 1.165) is 24.9 Å². The third-order valence-corrected chi connectivity index (χ3v) is 4.15. The van der Waals surface area contributed by atoms with Gasteiger partial charge in [-0.3, -0.25) is 4.79 Å². The van der Waals surface area contributed by atoms with Gasteiger partial charge in [0.1, 0.15) is 0 Å². The van der Waals surface area contributed by atoms with Gasteiger partial charge in [0, 0.05) is 17.6 Å². The van der Waals surface area contributed by atoms with Gasteiger partial charge in [0.2, 0.25) is 5.91 Å².